The lowest BCUT2D eigenvalue weighted by Crippen LogP contribution is -2.35. The first-order valence-electron chi connectivity index (χ1n) is 6.74. The Morgan fingerprint density at radius 3 is 2.44 bits per heavy atom. The van der Waals surface area contributed by atoms with Crippen LogP contribution in [-0.4, -0.2) is 19.0 Å². The predicted molar refractivity (Wildman–Crippen MR) is 75.5 cm³/mol. The first kappa shape index (κ1) is 14.7. The molecule has 2 N–H and O–H groups in total. The highest BCUT2D eigenvalue weighted by molar-refractivity contribution is 5.77. The summed E-state index contributed by atoms with van der Waals surface area (Å²) >= 11 is 0. The lowest BCUT2D eigenvalue weighted by Gasteiger charge is -2.17. The van der Waals surface area contributed by atoms with Crippen molar-refractivity contribution in [2.75, 3.05) is 13.1 Å². The Labute approximate surface area is 110 Å². The molecule has 1 rings (SSSR count). The van der Waals surface area contributed by atoms with Crippen LogP contribution in [0.4, 0.5) is 0 Å². The molecule has 0 radical (unpaired) electrons. The number of nitrogens with one attached hydrogen (secondary N) is 2. The van der Waals surface area contributed by atoms with E-state index in [0.717, 1.165) is 19.4 Å². The summed E-state index contributed by atoms with van der Waals surface area (Å²) in [4.78, 5) is 11.5. The zero-order valence-corrected chi connectivity index (χ0v) is 11.6. The maximum Gasteiger partial charge on any atom is 0.233 e. The lowest BCUT2D eigenvalue weighted by atomic mass is 10.0. The molecule has 0 heterocycles. The summed E-state index contributed by atoms with van der Waals surface area (Å²) in [7, 11) is 0. The molecule has 0 fully saturated rings. The number of hydrogen-bond acceptors (Lipinski definition) is 2. The van der Waals surface area contributed by atoms with Crippen LogP contribution in [0.5, 0.6) is 0 Å². The number of carbonyl (C=O) groups is 1. The fourth-order valence-corrected chi connectivity index (χ4v) is 1.84. The van der Waals surface area contributed by atoms with Gasteiger partial charge in [-0.25, -0.2) is 0 Å². The Kier molecular flexibility index (Phi) is 6.44. The van der Waals surface area contributed by atoms with Gasteiger partial charge in [-0.05, 0) is 25.3 Å². The standard InChI is InChI=1S/C15H24N2O/c1-4-10-16-15(18)11-17-14(5-2)13-8-6-12(3)7-9-13/h6-9,14,17H,4-5,10-11H2,1-3H3,(H,16,18). The summed E-state index contributed by atoms with van der Waals surface area (Å²) in [6, 6.07) is 8.71. The highest BCUT2D eigenvalue weighted by atomic mass is 16.1. The van der Waals surface area contributed by atoms with Crippen LogP contribution in [-0.2, 0) is 4.79 Å². The number of amides is 1. The van der Waals surface area contributed by atoms with Gasteiger partial charge in [0.2, 0.25) is 5.91 Å². The SMILES string of the molecule is CCCNC(=O)CNC(CC)c1ccc(C)cc1. The van der Waals surface area contributed by atoms with Gasteiger partial charge in [-0.1, -0.05) is 43.7 Å². The van der Waals surface area contributed by atoms with Crippen LogP contribution in [0, 0.1) is 6.92 Å². The Hall–Kier alpha value is -1.35. The minimum atomic E-state index is 0.0717. The Bertz CT molecular complexity index is 359. The van der Waals surface area contributed by atoms with Gasteiger partial charge in [0.15, 0.2) is 0 Å². The van der Waals surface area contributed by atoms with Crippen molar-refractivity contribution in [2.45, 2.75) is 39.7 Å². The van der Waals surface area contributed by atoms with Gasteiger partial charge in [0.25, 0.3) is 0 Å². The normalized spacial score (nSPS) is 12.2. The minimum Gasteiger partial charge on any atom is -0.355 e. The van der Waals surface area contributed by atoms with E-state index >= 15 is 0 Å². The van der Waals surface area contributed by atoms with Crippen LogP contribution in [0.2, 0.25) is 0 Å². The molecule has 1 amide bonds. The van der Waals surface area contributed by atoms with Crippen molar-refractivity contribution in [1.29, 1.82) is 0 Å². The average molecular weight is 248 g/mol. The van der Waals surface area contributed by atoms with Crippen molar-refractivity contribution in [3.05, 3.63) is 35.4 Å². The molecule has 0 aliphatic rings. The van der Waals surface area contributed by atoms with Crippen molar-refractivity contribution in [3.8, 4) is 0 Å². The Balaban J connectivity index is 2.47. The van der Waals surface area contributed by atoms with Crippen LogP contribution in [0.3, 0.4) is 0 Å². The highest BCUT2D eigenvalue weighted by Crippen LogP contribution is 2.16. The maximum atomic E-state index is 11.5. The van der Waals surface area contributed by atoms with Crippen LogP contribution in [0.15, 0.2) is 24.3 Å². The van der Waals surface area contributed by atoms with Gasteiger partial charge in [-0.3, -0.25) is 4.79 Å². The van der Waals surface area contributed by atoms with Gasteiger partial charge in [-0.2, -0.15) is 0 Å². The molecule has 18 heavy (non-hydrogen) atoms. The fourth-order valence-electron chi connectivity index (χ4n) is 1.84. The predicted octanol–water partition coefficient (Wildman–Crippen LogP) is 2.56. The summed E-state index contributed by atoms with van der Waals surface area (Å²) in [6.07, 6.45) is 1.95. The molecule has 0 spiro atoms. The topological polar surface area (TPSA) is 41.1 Å². The molecule has 1 aromatic rings. The van der Waals surface area contributed by atoms with E-state index in [4.69, 9.17) is 0 Å². The summed E-state index contributed by atoms with van der Waals surface area (Å²) in [5.41, 5.74) is 2.50. The first-order chi connectivity index (χ1) is 8.67. The van der Waals surface area contributed by atoms with E-state index in [0.29, 0.717) is 6.54 Å². The number of benzene rings is 1. The van der Waals surface area contributed by atoms with Gasteiger partial charge in [0.1, 0.15) is 0 Å². The number of carbonyl (C=O) groups excluding carboxylic acids is 1. The molecule has 1 unspecified atom stereocenters. The van der Waals surface area contributed by atoms with Crippen LogP contribution in [0.25, 0.3) is 0 Å². The molecule has 0 bridgehead atoms. The Morgan fingerprint density at radius 1 is 1.22 bits per heavy atom. The molecule has 0 saturated carbocycles. The van der Waals surface area contributed by atoms with Gasteiger partial charge in [0.05, 0.1) is 6.54 Å². The summed E-state index contributed by atoms with van der Waals surface area (Å²) in [6.45, 7) is 7.39. The lowest BCUT2D eigenvalue weighted by molar-refractivity contribution is -0.120. The molecular formula is C15H24N2O. The van der Waals surface area contributed by atoms with Crippen molar-refractivity contribution >= 4 is 5.91 Å². The van der Waals surface area contributed by atoms with Crippen molar-refractivity contribution < 1.29 is 4.79 Å². The largest absolute Gasteiger partial charge is 0.355 e. The molecule has 0 aromatic heterocycles. The molecule has 3 heteroatoms. The average Bonchev–Trinajstić information content (AvgIpc) is 2.39. The smallest absolute Gasteiger partial charge is 0.233 e. The first-order valence-corrected chi connectivity index (χ1v) is 6.74. The van der Waals surface area contributed by atoms with E-state index in [1.807, 2.05) is 0 Å². The van der Waals surface area contributed by atoms with Gasteiger partial charge in [0, 0.05) is 12.6 Å². The third-order valence-electron chi connectivity index (χ3n) is 2.97. The monoisotopic (exact) mass is 248 g/mol. The van der Waals surface area contributed by atoms with Crippen molar-refractivity contribution in [3.63, 3.8) is 0 Å². The molecule has 0 saturated heterocycles. The highest BCUT2D eigenvalue weighted by Gasteiger charge is 2.10. The molecule has 3 nitrogen and oxygen atoms in total. The van der Waals surface area contributed by atoms with E-state index in [1.54, 1.807) is 0 Å². The van der Waals surface area contributed by atoms with Crippen molar-refractivity contribution in [2.24, 2.45) is 0 Å². The molecule has 1 atom stereocenters. The van der Waals surface area contributed by atoms with Crippen LogP contribution < -0.4 is 10.6 Å². The molecule has 1 aromatic carbocycles. The van der Waals surface area contributed by atoms with E-state index in [9.17, 15) is 4.79 Å². The molecule has 100 valence electrons. The van der Waals surface area contributed by atoms with E-state index in [1.165, 1.54) is 11.1 Å². The summed E-state index contributed by atoms with van der Waals surface area (Å²) in [5.74, 6) is 0.0717. The zero-order valence-electron chi connectivity index (χ0n) is 11.6. The summed E-state index contributed by atoms with van der Waals surface area (Å²) < 4.78 is 0. The van der Waals surface area contributed by atoms with E-state index in [2.05, 4.69) is 55.7 Å². The van der Waals surface area contributed by atoms with Gasteiger partial charge < -0.3 is 10.6 Å². The molecule has 0 aliphatic carbocycles. The van der Waals surface area contributed by atoms with E-state index in [-0.39, 0.29) is 11.9 Å². The second kappa shape index (κ2) is 7.88. The van der Waals surface area contributed by atoms with E-state index < -0.39 is 0 Å². The number of rotatable bonds is 7. The van der Waals surface area contributed by atoms with Crippen LogP contribution in [0.1, 0.15) is 43.9 Å². The quantitative estimate of drug-likeness (QED) is 0.778. The van der Waals surface area contributed by atoms with Gasteiger partial charge >= 0.3 is 0 Å². The molecular weight excluding hydrogens is 224 g/mol. The number of aryl methyl sites for hydroxylation is 1. The number of hydrogen-bond donors (Lipinski definition) is 2. The van der Waals surface area contributed by atoms with Crippen molar-refractivity contribution in [1.82, 2.24) is 10.6 Å². The molecule has 0 aliphatic heterocycles. The maximum absolute atomic E-state index is 11.5. The third kappa shape index (κ3) is 4.88. The fraction of sp³-hybridized carbons (Fsp3) is 0.533. The Morgan fingerprint density at radius 2 is 1.89 bits per heavy atom. The zero-order chi connectivity index (χ0) is 13.4. The summed E-state index contributed by atoms with van der Waals surface area (Å²) in [5, 5.41) is 6.17. The minimum absolute atomic E-state index is 0.0717. The third-order valence-corrected chi connectivity index (χ3v) is 2.97. The second-order valence-electron chi connectivity index (χ2n) is 4.60. The van der Waals surface area contributed by atoms with Gasteiger partial charge in [-0.15, -0.1) is 0 Å². The second-order valence-corrected chi connectivity index (χ2v) is 4.60. The van der Waals surface area contributed by atoms with Crippen LogP contribution >= 0.6 is 0 Å².